The van der Waals surface area contributed by atoms with Gasteiger partial charge in [0.05, 0.1) is 22.3 Å². The summed E-state index contributed by atoms with van der Waals surface area (Å²) in [6, 6.07) is 5.30. The number of hydrogen-bond acceptors (Lipinski definition) is 6. The van der Waals surface area contributed by atoms with Crippen molar-refractivity contribution in [3.63, 3.8) is 0 Å². The smallest absolute Gasteiger partial charge is 0.305 e. The number of benzene rings is 1. The van der Waals surface area contributed by atoms with Crippen LogP contribution < -0.4 is 10.9 Å². The quantitative estimate of drug-likeness (QED) is 0.187. The predicted molar refractivity (Wildman–Crippen MR) is 129 cm³/mol. The molecule has 174 valence electrons. The van der Waals surface area contributed by atoms with E-state index in [9.17, 15) is 9.59 Å². The molecular weight excluding hydrogens is 451 g/mol. The molecule has 7 nitrogen and oxygen atoms in total. The van der Waals surface area contributed by atoms with Crippen molar-refractivity contribution in [3.8, 4) is 0 Å². The van der Waals surface area contributed by atoms with E-state index in [2.05, 4.69) is 15.3 Å². The SMILES string of the molecule is CCOC(=O)CCCCCCCCc1c(C=N)nc(NCc2ccc(Cl)c(Cl)c2)[nH]c1=O. The zero-order valence-electron chi connectivity index (χ0n) is 18.3. The molecule has 0 saturated heterocycles. The van der Waals surface area contributed by atoms with Gasteiger partial charge in [0.25, 0.3) is 5.56 Å². The number of nitrogens with one attached hydrogen (secondary N) is 3. The summed E-state index contributed by atoms with van der Waals surface area (Å²) in [4.78, 5) is 30.9. The number of carbonyl (C=O) groups is 1. The Balaban J connectivity index is 1.79. The summed E-state index contributed by atoms with van der Waals surface area (Å²) in [6.07, 6.45) is 7.91. The first-order chi connectivity index (χ1) is 15.4. The fourth-order valence-electron chi connectivity index (χ4n) is 3.31. The monoisotopic (exact) mass is 480 g/mol. The minimum Gasteiger partial charge on any atom is -0.466 e. The van der Waals surface area contributed by atoms with E-state index in [0.717, 1.165) is 50.3 Å². The Hall–Kier alpha value is -2.38. The molecule has 32 heavy (non-hydrogen) atoms. The van der Waals surface area contributed by atoms with E-state index in [-0.39, 0.29) is 11.5 Å². The number of halogens is 2. The Bertz CT molecular complexity index is 963. The number of esters is 1. The standard InChI is InChI=1S/C23H30Cl2N4O3/c1-2-32-21(30)10-8-6-4-3-5-7-9-17-20(14-26)28-23(29-22(17)31)27-15-16-11-12-18(24)19(25)13-16/h11-14,26H,2-10,15H2,1H3,(H2,27,28,29,31). The molecule has 3 N–H and O–H groups in total. The minimum atomic E-state index is -0.232. The summed E-state index contributed by atoms with van der Waals surface area (Å²) in [7, 11) is 0. The Morgan fingerprint density at radius 2 is 1.88 bits per heavy atom. The Labute approximate surface area is 198 Å². The first-order valence-corrected chi connectivity index (χ1v) is 11.7. The normalized spacial score (nSPS) is 10.7. The molecule has 0 spiro atoms. The molecule has 1 heterocycles. The second-order valence-electron chi connectivity index (χ2n) is 7.45. The van der Waals surface area contributed by atoms with Crippen molar-refractivity contribution in [2.24, 2.45) is 0 Å². The number of aromatic amines is 1. The van der Waals surface area contributed by atoms with Crippen LogP contribution >= 0.6 is 23.2 Å². The average Bonchev–Trinajstić information content (AvgIpc) is 2.77. The molecule has 9 heteroatoms. The maximum atomic E-state index is 12.5. The summed E-state index contributed by atoms with van der Waals surface area (Å²) < 4.78 is 4.91. The van der Waals surface area contributed by atoms with Crippen LogP contribution in [-0.4, -0.2) is 28.8 Å². The third-order valence-corrected chi connectivity index (χ3v) is 5.73. The van der Waals surface area contributed by atoms with Crippen molar-refractivity contribution in [1.82, 2.24) is 9.97 Å². The fourth-order valence-corrected chi connectivity index (χ4v) is 3.63. The zero-order chi connectivity index (χ0) is 23.3. The summed E-state index contributed by atoms with van der Waals surface area (Å²) in [6.45, 7) is 2.65. The first-order valence-electron chi connectivity index (χ1n) is 10.9. The largest absolute Gasteiger partial charge is 0.466 e. The topological polar surface area (TPSA) is 108 Å². The van der Waals surface area contributed by atoms with Gasteiger partial charge in [-0.15, -0.1) is 0 Å². The van der Waals surface area contributed by atoms with Gasteiger partial charge in [-0.3, -0.25) is 14.6 Å². The highest BCUT2D eigenvalue weighted by atomic mass is 35.5. The molecule has 0 saturated carbocycles. The van der Waals surface area contributed by atoms with Gasteiger partial charge in [-0.2, -0.15) is 0 Å². The number of aromatic nitrogens is 2. The van der Waals surface area contributed by atoms with Crippen molar-refractivity contribution < 1.29 is 9.53 Å². The Morgan fingerprint density at radius 1 is 1.16 bits per heavy atom. The number of unbranched alkanes of at least 4 members (excludes halogenated alkanes) is 5. The van der Waals surface area contributed by atoms with Crippen molar-refractivity contribution in [1.29, 1.82) is 5.41 Å². The lowest BCUT2D eigenvalue weighted by Gasteiger charge is -2.10. The molecule has 0 bridgehead atoms. The minimum absolute atomic E-state index is 0.131. The van der Waals surface area contributed by atoms with Crippen LogP contribution in [0.25, 0.3) is 0 Å². The van der Waals surface area contributed by atoms with Crippen LogP contribution in [-0.2, 0) is 22.5 Å². The zero-order valence-corrected chi connectivity index (χ0v) is 19.8. The second kappa shape index (κ2) is 13.9. The Morgan fingerprint density at radius 3 is 2.56 bits per heavy atom. The van der Waals surface area contributed by atoms with Gasteiger partial charge in [0.2, 0.25) is 5.95 Å². The number of H-pyrrole nitrogens is 1. The summed E-state index contributed by atoms with van der Waals surface area (Å²) in [5.74, 6) is 0.179. The van der Waals surface area contributed by atoms with Crippen LogP contribution in [0.1, 0.15) is 68.7 Å². The maximum Gasteiger partial charge on any atom is 0.305 e. The van der Waals surface area contributed by atoms with E-state index in [0.29, 0.717) is 53.2 Å². The number of nitrogens with zero attached hydrogens (tertiary/aromatic N) is 1. The lowest BCUT2D eigenvalue weighted by molar-refractivity contribution is -0.143. The van der Waals surface area contributed by atoms with Crippen LogP contribution in [0.3, 0.4) is 0 Å². The van der Waals surface area contributed by atoms with Crippen molar-refractivity contribution >= 4 is 41.3 Å². The molecule has 0 amide bonds. The van der Waals surface area contributed by atoms with Gasteiger partial charge >= 0.3 is 5.97 Å². The van der Waals surface area contributed by atoms with Gasteiger partial charge < -0.3 is 15.5 Å². The van der Waals surface area contributed by atoms with Crippen molar-refractivity contribution in [2.75, 3.05) is 11.9 Å². The molecule has 0 radical (unpaired) electrons. The number of hydrogen-bond donors (Lipinski definition) is 3. The second-order valence-corrected chi connectivity index (χ2v) is 8.27. The third kappa shape index (κ3) is 8.63. The van der Waals surface area contributed by atoms with Gasteiger partial charge in [0.15, 0.2) is 0 Å². The van der Waals surface area contributed by atoms with E-state index in [1.165, 1.54) is 0 Å². The first kappa shape index (κ1) is 25.9. The third-order valence-electron chi connectivity index (χ3n) is 4.99. The lowest BCUT2D eigenvalue weighted by Crippen LogP contribution is -2.20. The Kier molecular flexibility index (Phi) is 11.2. The number of rotatable bonds is 14. The molecule has 0 aliphatic heterocycles. The molecule has 0 fully saturated rings. The predicted octanol–water partition coefficient (Wildman–Crippen LogP) is 5.52. The highest BCUT2D eigenvalue weighted by Gasteiger charge is 2.10. The number of anilines is 1. The van der Waals surface area contributed by atoms with Crippen LogP contribution in [0, 0.1) is 5.41 Å². The molecule has 0 aliphatic rings. The average molecular weight is 481 g/mol. The van der Waals surface area contributed by atoms with Crippen molar-refractivity contribution in [3.05, 3.63) is 55.4 Å². The highest BCUT2D eigenvalue weighted by molar-refractivity contribution is 6.42. The van der Waals surface area contributed by atoms with Gasteiger partial charge in [0, 0.05) is 24.7 Å². The van der Waals surface area contributed by atoms with Crippen LogP contribution in [0.5, 0.6) is 0 Å². The van der Waals surface area contributed by atoms with E-state index < -0.39 is 0 Å². The summed E-state index contributed by atoms with van der Waals surface area (Å²) in [5, 5.41) is 11.6. The van der Waals surface area contributed by atoms with Crippen LogP contribution in [0.2, 0.25) is 10.0 Å². The molecule has 0 atom stereocenters. The van der Waals surface area contributed by atoms with Gasteiger partial charge in [-0.25, -0.2) is 4.98 Å². The fraction of sp³-hybridized carbons (Fsp3) is 0.478. The van der Waals surface area contributed by atoms with Gasteiger partial charge in [0.1, 0.15) is 0 Å². The van der Waals surface area contributed by atoms with Gasteiger partial charge in [-0.05, 0) is 43.9 Å². The summed E-state index contributed by atoms with van der Waals surface area (Å²) in [5.41, 5.74) is 1.57. The van der Waals surface area contributed by atoms with E-state index in [1.54, 1.807) is 12.1 Å². The highest BCUT2D eigenvalue weighted by Crippen LogP contribution is 2.22. The van der Waals surface area contributed by atoms with Crippen LogP contribution in [0.15, 0.2) is 23.0 Å². The molecule has 2 rings (SSSR count). The molecule has 0 unspecified atom stereocenters. The molecule has 1 aromatic carbocycles. The molecule has 2 aromatic rings. The number of carbonyl (C=O) groups excluding carboxylic acids is 1. The number of ether oxygens (including phenoxy) is 1. The molecule has 0 aliphatic carbocycles. The van der Waals surface area contributed by atoms with E-state index >= 15 is 0 Å². The summed E-state index contributed by atoms with van der Waals surface area (Å²) >= 11 is 12.0. The van der Waals surface area contributed by atoms with Crippen molar-refractivity contribution in [2.45, 2.75) is 64.8 Å². The maximum absolute atomic E-state index is 12.5. The van der Waals surface area contributed by atoms with E-state index in [4.69, 9.17) is 33.3 Å². The molecule has 1 aromatic heterocycles. The molecular formula is C23H30Cl2N4O3. The van der Waals surface area contributed by atoms with Gasteiger partial charge in [-0.1, -0.05) is 55.0 Å². The van der Waals surface area contributed by atoms with Crippen LogP contribution in [0.4, 0.5) is 5.95 Å². The van der Waals surface area contributed by atoms with E-state index in [1.807, 2.05) is 13.0 Å². The lowest BCUT2D eigenvalue weighted by atomic mass is 10.0.